The van der Waals surface area contributed by atoms with Crippen LogP contribution in [0.15, 0.2) is 22.7 Å². The Morgan fingerprint density at radius 3 is 2.76 bits per heavy atom. The molecule has 2 N–H and O–H groups in total. The predicted molar refractivity (Wildman–Crippen MR) is 67.6 cm³/mol. The van der Waals surface area contributed by atoms with E-state index in [9.17, 15) is 9.90 Å². The Morgan fingerprint density at radius 1 is 1.65 bits per heavy atom. The van der Waals surface area contributed by atoms with Gasteiger partial charge in [0.1, 0.15) is 11.3 Å². The van der Waals surface area contributed by atoms with Crippen LogP contribution in [0.5, 0.6) is 5.75 Å². The molecule has 0 bridgehead atoms. The second-order valence-corrected chi connectivity index (χ2v) is 4.77. The topological polar surface area (TPSA) is 73.1 Å². The van der Waals surface area contributed by atoms with Crippen LogP contribution in [0.2, 0.25) is 0 Å². The van der Waals surface area contributed by atoms with Crippen LogP contribution in [0.25, 0.3) is 0 Å². The highest BCUT2D eigenvalue weighted by Gasteiger charge is 2.24. The van der Waals surface area contributed by atoms with Gasteiger partial charge in [-0.2, -0.15) is 5.26 Å². The van der Waals surface area contributed by atoms with Gasteiger partial charge in [0, 0.05) is 5.56 Å². The number of nitrogens with one attached hydrogen (secondary N) is 1. The average Bonchev–Trinajstić information content (AvgIpc) is 2.32. The average molecular weight is 297 g/mol. The van der Waals surface area contributed by atoms with Crippen molar-refractivity contribution in [2.75, 3.05) is 0 Å². The van der Waals surface area contributed by atoms with E-state index < -0.39 is 5.54 Å². The van der Waals surface area contributed by atoms with E-state index in [1.165, 1.54) is 6.07 Å². The molecule has 4 nitrogen and oxygen atoms in total. The lowest BCUT2D eigenvalue weighted by Crippen LogP contribution is -2.44. The summed E-state index contributed by atoms with van der Waals surface area (Å²) in [4.78, 5) is 11.9. The number of rotatable bonds is 3. The summed E-state index contributed by atoms with van der Waals surface area (Å²) in [5.74, 6) is -0.383. The van der Waals surface area contributed by atoms with Crippen molar-refractivity contribution in [1.29, 1.82) is 5.26 Å². The first-order valence-electron chi connectivity index (χ1n) is 5.14. The first-order valence-corrected chi connectivity index (χ1v) is 5.93. The first kappa shape index (κ1) is 13.5. The van der Waals surface area contributed by atoms with Crippen LogP contribution < -0.4 is 5.32 Å². The Hall–Kier alpha value is -1.54. The van der Waals surface area contributed by atoms with E-state index in [-0.39, 0.29) is 11.7 Å². The highest BCUT2D eigenvalue weighted by atomic mass is 79.9. The molecule has 0 heterocycles. The number of aromatic hydroxyl groups is 1. The summed E-state index contributed by atoms with van der Waals surface area (Å²) >= 11 is 3.13. The molecule has 1 aromatic carbocycles. The number of amides is 1. The van der Waals surface area contributed by atoms with E-state index in [0.29, 0.717) is 16.5 Å². The van der Waals surface area contributed by atoms with Crippen LogP contribution in [-0.2, 0) is 0 Å². The summed E-state index contributed by atoms with van der Waals surface area (Å²) < 4.78 is 0.521. The molecule has 0 aliphatic rings. The number of phenolic OH excluding ortho intramolecular Hbond substituents is 1. The van der Waals surface area contributed by atoms with Crippen molar-refractivity contribution in [2.45, 2.75) is 25.8 Å². The fraction of sp³-hybridized carbons (Fsp3) is 0.333. The third kappa shape index (κ3) is 3.21. The third-order valence-electron chi connectivity index (χ3n) is 2.55. The molecule has 0 saturated carbocycles. The summed E-state index contributed by atoms with van der Waals surface area (Å²) in [6.45, 7) is 3.48. The van der Waals surface area contributed by atoms with E-state index >= 15 is 0 Å². The number of halogens is 1. The molecule has 90 valence electrons. The molecule has 0 spiro atoms. The molecule has 1 atom stereocenters. The maximum absolute atomic E-state index is 11.9. The van der Waals surface area contributed by atoms with Crippen molar-refractivity contribution in [3.05, 3.63) is 28.2 Å². The Balaban J connectivity index is 2.91. The van der Waals surface area contributed by atoms with Gasteiger partial charge in [0.15, 0.2) is 0 Å². The highest BCUT2D eigenvalue weighted by Crippen LogP contribution is 2.24. The monoisotopic (exact) mass is 296 g/mol. The molecule has 1 rings (SSSR count). The van der Waals surface area contributed by atoms with Gasteiger partial charge >= 0.3 is 0 Å². The molecule has 5 heteroatoms. The maximum Gasteiger partial charge on any atom is 0.252 e. The Bertz CT molecular complexity index is 482. The predicted octanol–water partition coefficient (Wildman–Crippen LogP) is 2.58. The molecule has 1 amide bonds. The fourth-order valence-corrected chi connectivity index (χ4v) is 1.42. The zero-order valence-electron chi connectivity index (χ0n) is 9.62. The lowest BCUT2D eigenvalue weighted by Gasteiger charge is -2.21. The van der Waals surface area contributed by atoms with E-state index in [2.05, 4.69) is 27.3 Å². The van der Waals surface area contributed by atoms with Crippen molar-refractivity contribution < 1.29 is 9.90 Å². The van der Waals surface area contributed by atoms with Gasteiger partial charge in [-0.15, -0.1) is 0 Å². The lowest BCUT2D eigenvalue weighted by molar-refractivity contribution is 0.0922. The van der Waals surface area contributed by atoms with E-state index in [1.807, 2.05) is 6.92 Å². The molecule has 17 heavy (non-hydrogen) atoms. The number of hydrogen-bond donors (Lipinski definition) is 2. The maximum atomic E-state index is 11.9. The van der Waals surface area contributed by atoms with Gasteiger partial charge in [-0.1, -0.05) is 6.92 Å². The summed E-state index contributed by atoms with van der Waals surface area (Å²) in [6.07, 6.45) is 0.512. The number of phenols is 1. The molecular formula is C12H13BrN2O2. The first-order chi connectivity index (χ1) is 7.91. The molecule has 0 aromatic heterocycles. The van der Waals surface area contributed by atoms with Crippen molar-refractivity contribution in [3.63, 3.8) is 0 Å². The molecule has 0 saturated heterocycles. The summed E-state index contributed by atoms with van der Waals surface area (Å²) in [7, 11) is 0. The zero-order chi connectivity index (χ0) is 13.1. The van der Waals surface area contributed by atoms with Crippen molar-refractivity contribution >= 4 is 21.8 Å². The number of benzene rings is 1. The van der Waals surface area contributed by atoms with Gasteiger partial charge in [-0.25, -0.2) is 0 Å². The molecule has 0 aliphatic carbocycles. The molecule has 1 unspecified atom stereocenters. The van der Waals surface area contributed by atoms with Gasteiger partial charge in [-0.05, 0) is 47.5 Å². The fourth-order valence-electron chi connectivity index (χ4n) is 1.17. The van der Waals surface area contributed by atoms with Crippen LogP contribution in [0, 0.1) is 11.3 Å². The van der Waals surface area contributed by atoms with Crippen LogP contribution in [0.3, 0.4) is 0 Å². The van der Waals surface area contributed by atoms with E-state index in [1.54, 1.807) is 19.1 Å². The number of nitrogens with zero attached hydrogens (tertiary/aromatic N) is 1. The van der Waals surface area contributed by atoms with Crippen LogP contribution >= 0.6 is 15.9 Å². The Kier molecular flexibility index (Phi) is 4.13. The molecule has 1 aromatic rings. The van der Waals surface area contributed by atoms with Crippen molar-refractivity contribution in [2.24, 2.45) is 0 Å². The van der Waals surface area contributed by atoms with Crippen molar-refractivity contribution in [3.8, 4) is 11.8 Å². The standard InChI is InChI=1S/C12H13BrN2O2/c1-3-12(2,7-14)15-11(17)8-4-5-9(13)10(16)6-8/h4-6,16H,3H2,1-2H3,(H,15,17). The van der Waals surface area contributed by atoms with Crippen LogP contribution in [0.1, 0.15) is 30.6 Å². The Labute approximate surface area is 108 Å². The van der Waals surface area contributed by atoms with E-state index in [0.717, 1.165) is 0 Å². The van der Waals surface area contributed by atoms with Crippen LogP contribution in [0.4, 0.5) is 0 Å². The minimum atomic E-state index is -0.889. The molecular weight excluding hydrogens is 284 g/mol. The number of carbonyl (C=O) groups excluding carboxylic acids is 1. The summed E-state index contributed by atoms with van der Waals surface area (Å²) in [5, 5.41) is 21.1. The number of hydrogen-bond acceptors (Lipinski definition) is 3. The van der Waals surface area contributed by atoms with E-state index in [4.69, 9.17) is 5.26 Å². The normalized spacial score (nSPS) is 13.5. The Morgan fingerprint density at radius 2 is 2.29 bits per heavy atom. The van der Waals surface area contributed by atoms with Crippen LogP contribution in [-0.4, -0.2) is 16.6 Å². The second-order valence-electron chi connectivity index (χ2n) is 3.92. The quantitative estimate of drug-likeness (QED) is 0.900. The number of nitriles is 1. The minimum absolute atomic E-state index is 0.00666. The molecule has 0 radical (unpaired) electrons. The molecule has 0 aliphatic heterocycles. The highest BCUT2D eigenvalue weighted by molar-refractivity contribution is 9.10. The SMILES string of the molecule is CCC(C)(C#N)NC(=O)c1ccc(Br)c(O)c1. The van der Waals surface area contributed by atoms with Gasteiger partial charge in [0.2, 0.25) is 0 Å². The second kappa shape index (κ2) is 5.19. The smallest absolute Gasteiger partial charge is 0.252 e. The van der Waals surface area contributed by atoms with Gasteiger partial charge in [0.25, 0.3) is 5.91 Å². The largest absolute Gasteiger partial charge is 0.507 e. The van der Waals surface area contributed by atoms with Gasteiger partial charge < -0.3 is 10.4 Å². The van der Waals surface area contributed by atoms with Crippen molar-refractivity contribution in [1.82, 2.24) is 5.32 Å². The summed E-state index contributed by atoms with van der Waals surface area (Å²) in [6, 6.07) is 6.56. The molecule has 0 fully saturated rings. The van der Waals surface area contributed by atoms with Gasteiger partial charge in [0.05, 0.1) is 10.5 Å². The minimum Gasteiger partial charge on any atom is -0.507 e. The zero-order valence-corrected chi connectivity index (χ0v) is 11.2. The lowest BCUT2D eigenvalue weighted by atomic mass is 10.0. The number of carbonyl (C=O) groups is 1. The summed E-state index contributed by atoms with van der Waals surface area (Å²) in [5.41, 5.74) is -0.569. The van der Waals surface area contributed by atoms with Gasteiger partial charge in [-0.3, -0.25) is 4.79 Å². The third-order valence-corrected chi connectivity index (χ3v) is 3.22.